The van der Waals surface area contributed by atoms with E-state index in [9.17, 15) is 14.7 Å². The van der Waals surface area contributed by atoms with Gasteiger partial charge in [-0.05, 0) is 29.3 Å². The van der Waals surface area contributed by atoms with Gasteiger partial charge in [0.1, 0.15) is 5.58 Å². The summed E-state index contributed by atoms with van der Waals surface area (Å²) in [6, 6.07) is 15.2. The van der Waals surface area contributed by atoms with E-state index in [1.807, 2.05) is 18.2 Å². The van der Waals surface area contributed by atoms with Gasteiger partial charge in [-0.1, -0.05) is 48.5 Å². The first-order valence-corrected chi connectivity index (χ1v) is 6.66. The average molecular weight is 291 g/mol. The number of para-hydroxylation sites is 1. The standard InChI is InChI=1S/C18H12O4/c19-15(17-11-14-3-1-2-4-16(14)22-17)10-7-12-5-8-13(9-6-12)18(20)21/h1-11H,(H,20,21)/p-1/b10-7+. The van der Waals surface area contributed by atoms with Gasteiger partial charge in [0.05, 0.1) is 5.97 Å². The zero-order chi connectivity index (χ0) is 15.5. The van der Waals surface area contributed by atoms with Crippen molar-refractivity contribution in [3.8, 4) is 0 Å². The minimum absolute atomic E-state index is 0.0979. The van der Waals surface area contributed by atoms with Crippen LogP contribution >= 0.6 is 0 Å². The highest BCUT2D eigenvalue weighted by Crippen LogP contribution is 2.19. The predicted octanol–water partition coefficient (Wildman–Crippen LogP) is 2.69. The number of hydrogen-bond donors (Lipinski definition) is 0. The third-order valence-electron chi connectivity index (χ3n) is 3.24. The summed E-state index contributed by atoms with van der Waals surface area (Å²) in [5.41, 5.74) is 1.48. The van der Waals surface area contributed by atoms with Crippen LogP contribution in [-0.2, 0) is 0 Å². The Morgan fingerprint density at radius 2 is 1.73 bits per heavy atom. The molecule has 0 amide bonds. The number of carbonyl (C=O) groups is 2. The quantitative estimate of drug-likeness (QED) is 0.547. The van der Waals surface area contributed by atoms with E-state index in [1.54, 1.807) is 30.3 Å². The van der Waals surface area contributed by atoms with Gasteiger partial charge in [-0.2, -0.15) is 0 Å². The molecule has 0 atom stereocenters. The Morgan fingerprint density at radius 1 is 1.00 bits per heavy atom. The van der Waals surface area contributed by atoms with Crippen molar-refractivity contribution in [2.75, 3.05) is 0 Å². The highest BCUT2D eigenvalue weighted by Gasteiger charge is 2.08. The molecule has 0 aliphatic carbocycles. The SMILES string of the molecule is O=C([O-])c1ccc(/C=C/C(=O)c2cc3ccccc3o2)cc1. The smallest absolute Gasteiger partial charge is 0.221 e. The van der Waals surface area contributed by atoms with Crippen LogP contribution < -0.4 is 5.11 Å². The van der Waals surface area contributed by atoms with Gasteiger partial charge in [0.2, 0.25) is 5.78 Å². The lowest BCUT2D eigenvalue weighted by Gasteiger charge is -2.01. The third-order valence-corrected chi connectivity index (χ3v) is 3.24. The summed E-state index contributed by atoms with van der Waals surface area (Å²) in [7, 11) is 0. The maximum absolute atomic E-state index is 12.1. The number of hydrogen-bond acceptors (Lipinski definition) is 4. The molecule has 4 nitrogen and oxygen atoms in total. The van der Waals surface area contributed by atoms with Crippen LogP contribution in [-0.4, -0.2) is 11.8 Å². The number of allylic oxidation sites excluding steroid dienone is 1. The van der Waals surface area contributed by atoms with Gasteiger partial charge in [0.15, 0.2) is 5.76 Å². The Bertz CT molecular complexity index is 836. The molecule has 3 rings (SSSR count). The van der Waals surface area contributed by atoms with E-state index in [2.05, 4.69) is 0 Å². The molecule has 0 radical (unpaired) electrons. The summed E-state index contributed by atoms with van der Waals surface area (Å²) in [6.45, 7) is 0. The molecule has 0 bridgehead atoms. The van der Waals surface area contributed by atoms with Crippen LogP contribution in [0.15, 0.2) is 65.1 Å². The molecule has 0 saturated carbocycles. The summed E-state index contributed by atoms with van der Waals surface area (Å²) in [5.74, 6) is -1.21. The summed E-state index contributed by atoms with van der Waals surface area (Å²) in [6.07, 6.45) is 3.00. The van der Waals surface area contributed by atoms with E-state index in [4.69, 9.17) is 4.42 Å². The molecule has 1 aromatic heterocycles. The number of aromatic carboxylic acids is 1. The lowest BCUT2D eigenvalue weighted by molar-refractivity contribution is -0.255. The van der Waals surface area contributed by atoms with Crippen LogP contribution in [0.3, 0.4) is 0 Å². The van der Waals surface area contributed by atoms with E-state index in [-0.39, 0.29) is 17.1 Å². The Morgan fingerprint density at radius 3 is 2.41 bits per heavy atom. The normalized spacial score (nSPS) is 11.1. The van der Waals surface area contributed by atoms with Gasteiger partial charge >= 0.3 is 0 Å². The molecule has 0 N–H and O–H groups in total. The van der Waals surface area contributed by atoms with E-state index in [0.29, 0.717) is 5.58 Å². The van der Waals surface area contributed by atoms with Crippen molar-refractivity contribution >= 4 is 28.8 Å². The van der Waals surface area contributed by atoms with Gasteiger partial charge < -0.3 is 14.3 Å². The number of benzene rings is 2. The van der Waals surface area contributed by atoms with Crippen LogP contribution in [0.2, 0.25) is 0 Å². The first-order chi connectivity index (χ1) is 10.6. The zero-order valence-corrected chi connectivity index (χ0v) is 11.5. The molecule has 0 aliphatic heterocycles. The third kappa shape index (κ3) is 2.81. The molecule has 0 saturated heterocycles. The molecule has 0 spiro atoms. The number of carboxylic acid groups (broad SMARTS) is 1. The van der Waals surface area contributed by atoms with E-state index >= 15 is 0 Å². The van der Waals surface area contributed by atoms with Crippen molar-refractivity contribution in [2.24, 2.45) is 0 Å². The highest BCUT2D eigenvalue weighted by atomic mass is 16.4. The Balaban J connectivity index is 1.79. The van der Waals surface area contributed by atoms with E-state index in [1.165, 1.54) is 18.2 Å². The summed E-state index contributed by atoms with van der Waals surface area (Å²) < 4.78 is 5.48. The number of carboxylic acids is 1. The molecule has 3 aromatic rings. The predicted molar refractivity (Wildman–Crippen MR) is 80.4 cm³/mol. The van der Waals surface area contributed by atoms with Crippen LogP contribution in [0, 0.1) is 0 Å². The average Bonchev–Trinajstić information content (AvgIpc) is 2.97. The number of rotatable bonds is 4. The molecular formula is C18H11O4-. The molecule has 0 unspecified atom stereocenters. The number of fused-ring (bicyclic) bond motifs is 1. The fourth-order valence-corrected chi connectivity index (χ4v) is 2.09. The summed E-state index contributed by atoms with van der Waals surface area (Å²) in [4.78, 5) is 22.7. The minimum atomic E-state index is -1.23. The monoisotopic (exact) mass is 291 g/mol. The molecule has 1 heterocycles. The molecular weight excluding hydrogens is 280 g/mol. The topological polar surface area (TPSA) is 70.3 Å². The Labute approximate surface area is 126 Å². The summed E-state index contributed by atoms with van der Waals surface area (Å²) >= 11 is 0. The van der Waals surface area contributed by atoms with E-state index in [0.717, 1.165) is 10.9 Å². The van der Waals surface area contributed by atoms with Gasteiger partial charge in [-0.25, -0.2) is 0 Å². The number of ketones is 1. The minimum Gasteiger partial charge on any atom is -0.545 e. The largest absolute Gasteiger partial charge is 0.545 e. The maximum Gasteiger partial charge on any atom is 0.221 e. The van der Waals surface area contributed by atoms with Gasteiger partial charge in [0, 0.05) is 5.39 Å². The molecule has 2 aromatic carbocycles. The van der Waals surface area contributed by atoms with Crippen molar-refractivity contribution in [2.45, 2.75) is 0 Å². The molecule has 22 heavy (non-hydrogen) atoms. The summed E-state index contributed by atoms with van der Waals surface area (Å²) in [5, 5.41) is 11.5. The van der Waals surface area contributed by atoms with Crippen molar-refractivity contribution in [3.05, 3.63) is 77.6 Å². The molecule has 4 heteroatoms. The molecule has 0 aliphatic rings. The number of carbonyl (C=O) groups excluding carboxylic acids is 2. The molecule has 0 fully saturated rings. The van der Waals surface area contributed by atoms with Crippen molar-refractivity contribution in [1.82, 2.24) is 0 Å². The van der Waals surface area contributed by atoms with Crippen LogP contribution in [0.4, 0.5) is 0 Å². The van der Waals surface area contributed by atoms with Crippen molar-refractivity contribution in [3.63, 3.8) is 0 Å². The number of furan rings is 1. The van der Waals surface area contributed by atoms with Crippen molar-refractivity contribution < 1.29 is 19.1 Å². The Hall–Kier alpha value is -3.14. The van der Waals surface area contributed by atoms with Crippen molar-refractivity contribution in [1.29, 1.82) is 0 Å². The van der Waals surface area contributed by atoms with E-state index < -0.39 is 5.97 Å². The lowest BCUT2D eigenvalue weighted by Crippen LogP contribution is -2.21. The maximum atomic E-state index is 12.1. The lowest BCUT2D eigenvalue weighted by atomic mass is 10.1. The second-order valence-electron chi connectivity index (χ2n) is 4.76. The van der Waals surface area contributed by atoms with Gasteiger partial charge in [-0.3, -0.25) is 4.79 Å². The zero-order valence-electron chi connectivity index (χ0n) is 11.5. The first-order valence-electron chi connectivity index (χ1n) is 6.66. The van der Waals surface area contributed by atoms with Crippen LogP contribution in [0.5, 0.6) is 0 Å². The van der Waals surface area contributed by atoms with Gasteiger partial charge in [-0.15, -0.1) is 0 Å². The second kappa shape index (κ2) is 5.69. The van der Waals surface area contributed by atoms with Crippen LogP contribution in [0.1, 0.15) is 26.5 Å². The first kappa shape index (κ1) is 13.8. The van der Waals surface area contributed by atoms with Crippen LogP contribution in [0.25, 0.3) is 17.0 Å². The Kier molecular flexibility index (Phi) is 3.58. The fraction of sp³-hybridized carbons (Fsp3) is 0. The molecule has 108 valence electrons. The van der Waals surface area contributed by atoms with Gasteiger partial charge in [0.25, 0.3) is 0 Å². The highest BCUT2D eigenvalue weighted by molar-refractivity contribution is 6.07. The fourth-order valence-electron chi connectivity index (χ4n) is 2.09. The second-order valence-corrected chi connectivity index (χ2v) is 4.76.